The fourth-order valence-corrected chi connectivity index (χ4v) is 1.95. The summed E-state index contributed by atoms with van der Waals surface area (Å²) in [5.41, 5.74) is 6.38. The highest BCUT2D eigenvalue weighted by Gasteiger charge is 2.05. The Morgan fingerprint density at radius 3 is 2.24 bits per heavy atom. The fraction of sp³-hybridized carbons (Fsp3) is 0.188. The number of methoxy groups -OCH3 is 1. The molecule has 0 fully saturated rings. The summed E-state index contributed by atoms with van der Waals surface area (Å²) < 4.78 is 16.3. The second-order valence-corrected chi connectivity index (χ2v) is 4.67. The molecule has 0 saturated carbocycles. The molecule has 0 aromatic heterocycles. The molecule has 4 nitrogen and oxygen atoms in total. The molecule has 0 atom stereocenters. The first kappa shape index (κ1) is 15.1. The average molecular weight is 303 g/mol. The van der Waals surface area contributed by atoms with Crippen LogP contribution in [0.4, 0.5) is 0 Å². The summed E-state index contributed by atoms with van der Waals surface area (Å²) in [4.78, 5) is 0.321. The van der Waals surface area contributed by atoms with Crippen molar-refractivity contribution in [3.8, 4) is 17.2 Å². The molecule has 0 saturated heterocycles. The highest BCUT2D eigenvalue weighted by atomic mass is 32.1. The van der Waals surface area contributed by atoms with Crippen LogP contribution in [0, 0.1) is 0 Å². The number of nitrogens with two attached hydrogens (primary N) is 1. The zero-order valence-corrected chi connectivity index (χ0v) is 12.6. The Morgan fingerprint density at radius 1 is 0.952 bits per heavy atom. The van der Waals surface area contributed by atoms with Gasteiger partial charge >= 0.3 is 0 Å². The van der Waals surface area contributed by atoms with Gasteiger partial charge < -0.3 is 19.9 Å². The minimum atomic E-state index is 0.321. The normalized spacial score (nSPS) is 9.95. The zero-order valence-electron chi connectivity index (χ0n) is 11.7. The van der Waals surface area contributed by atoms with Crippen molar-refractivity contribution >= 4 is 17.2 Å². The van der Waals surface area contributed by atoms with Crippen LogP contribution in [0.2, 0.25) is 0 Å². The molecule has 0 bridgehead atoms. The maximum atomic E-state index is 5.65. The summed E-state index contributed by atoms with van der Waals surface area (Å²) in [6.45, 7) is 0.837. The topological polar surface area (TPSA) is 53.7 Å². The summed E-state index contributed by atoms with van der Waals surface area (Å²) in [5.74, 6) is 2.23. The van der Waals surface area contributed by atoms with E-state index in [4.69, 9.17) is 32.2 Å². The van der Waals surface area contributed by atoms with Crippen molar-refractivity contribution in [2.75, 3.05) is 20.3 Å². The molecular formula is C16H17NO3S. The molecule has 0 radical (unpaired) electrons. The summed E-state index contributed by atoms with van der Waals surface area (Å²) in [5, 5.41) is 0. The molecule has 2 aromatic rings. The number of thiocarbonyl (C=S) groups is 1. The molecule has 0 heterocycles. The van der Waals surface area contributed by atoms with Crippen molar-refractivity contribution in [1.29, 1.82) is 0 Å². The Hall–Kier alpha value is -2.27. The molecule has 2 rings (SSSR count). The average Bonchev–Trinajstić information content (AvgIpc) is 2.52. The van der Waals surface area contributed by atoms with Crippen molar-refractivity contribution in [2.45, 2.75) is 0 Å². The standard InChI is InChI=1S/C16H17NO3S/c1-18-12-6-8-13(9-7-12)19-10-11-20-15-5-3-2-4-14(15)16(17)21/h2-9H,10-11H2,1H3,(H2,17,21). The van der Waals surface area contributed by atoms with Gasteiger partial charge in [-0.25, -0.2) is 0 Å². The van der Waals surface area contributed by atoms with Gasteiger partial charge in [0.2, 0.25) is 0 Å². The van der Waals surface area contributed by atoms with E-state index < -0.39 is 0 Å². The van der Waals surface area contributed by atoms with Gasteiger partial charge in [-0.2, -0.15) is 0 Å². The van der Waals surface area contributed by atoms with E-state index in [0.717, 1.165) is 17.1 Å². The Bertz CT molecular complexity index is 599. The van der Waals surface area contributed by atoms with E-state index >= 15 is 0 Å². The third kappa shape index (κ3) is 4.36. The highest BCUT2D eigenvalue weighted by molar-refractivity contribution is 7.80. The van der Waals surface area contributed by atoms with Crippen LogP contribution in [0.25, 0.3) is 0 Å². The van der Waals surface area contributed by atoms with E-state index in [9.17, 15) is 0 Å². The van der Waals surface area contributed by atoms with Gasteiger partial charge in [0.05, 0.1) is 12.7 Å². The molecule has 0 spiro atoms. The SMILES string of the molecule is COc1ccc(OCCOc2ccccc2C(N)=S)cc1. The molecule has 0 aliphatic rings. The minimum absolute atomic E-state index is 0.321. The van der Waals surface area contributed by atoms with E-state index in [1.54, 1.807) is 7.11 Å². The number of rotatable bonds is 7. The number of hydrogen-bond donors (Lipinski definition) is 1. The molecular weight excluding hydrogens is 286 g/mol. The lowest BCUT2D eigenvalue weighted by molar-refractivity contribution is 0.217. The van der Waals surface area contributed by atoms with Crippen molar-refractivity contribution in [3.63, 3.8) is 0 Å². The van der Waals surface area contributed by atoms with E-state index in [-0.39, 0.29) is 0 Å². The van der Waals surface area contributed by atoms with Crippen molar-refractivity contribution in [1.82, 2.24) is 0 Å². The van der Waals surface area contributed by atoms with Gasteiger partial charge in [-0.15, -0.1) is 0 Å². The van der Waals surface area contributed by atoms with Gasteiger partial charge in [0.15, 0.2) is 0 Å². The van der Waals surface area contributed by atoms with E-state index in [2.05, 4.69) is 0 Å². The first-order valence-electron chi connectivity index (χ1n) is 6.49. The Kier molecular flexibility index (Phi) is 5.40. The molecule has 110 valence electrons. The van der Waals surface area contributed by atoms with Gasteiger partial charge in [-0.1, -0.05) is 24.4 Å². The van der Waals surface area contributed by atoms with Crippen LogP contribution in [0.3, 0.4) is 0 Å². The molecule has 2 aromatic carbocycles. The van der Waals surface area contributed by atoms with Crippen LogP contribution in [0.15, 0.2) is 48.5 Å². The van der Waals surface area contributed by atoms with Gasteiger partial charge in [0.1, 0.15) is 35.5 Å². The fourth-order valence-electron chi connectivity index (χ4n) is 1.78. The Morgan fingerprint density at radius 2 is 1.57 bits per heavy atom. The van der Waals surface area contributed by atoms with E-state index in [1.807, 2.05) is 48.5 Å². The predicted molar refractivity (Wildman–Crippen MR) is 86.3 cm³/mol. The molecule has 21 heavy (non-hydrogen) atoms. The van der Waals surface area contributed by atoms with Crippen molar-refractivity contribution < 1.29 is 14.2 Å². The molecule has 0 aliphatic carbocycles. The van der Waals surface area contributed by atoms with Crippen LogP contribution in [0.1, 0.15) is 5.56 Å². The number of benzene rings is 2. The van der Waals surface area contributed by atoms with Crippen molar-refractivity contribution in [2.24, 2.45) is 5.73 Å². The Balaban J connectivity index is 1.83. The zero-order chi connectivity index (χ0) is 15.1. The third-order valence-electron chi connectivity index (χ3n) is 2.82. The summed E-state index contributed by atoms with van der Waals surface area (Å²) in [6.07, 6.45) is 0. The molecule has 2 N–H and O–H groups in total. The maximum absolute atomic E-state index is 5.65. The van der Waals surface area contributed by atoms with Crippen LogP contribution in [-0.4, -0.2) is 25.3 Å². The largest absolute Gasteiger partial charge is 0.497 e. The van der Waals surface area contributed by atoms with Gasteiger partial charge in [0, 0.05) is 0 Å². The lowest BCUT2D eigenvalue weighted by atomic mass is 10.2. The lowest BCUT2D eigenvalue weighted by Gasteiger charge is -2.11. The first-order valence-corrected chi connectivity index (χ1v) is 6.90. The van der Waals surface area contributed by atoms with E-state index in [1.165, 1.54) is 0 Å². The quantitative estimate of drug-likeness (QED) is 0.629. The number of ether oxygens (including phenoxy) is 3. The van der Waals surface area contributed by atoms with Gasteiger partial charge in [-0.3, -0.25) is 0 Å². The smallest absolute Gasteiger partial charge is 0.129 e. The van der Waals surface area contributed by atoms with Gasteiger partial charge in [0.25, 0.3) is 0 Å². The van der Waals surface area contributed by atoms with Crippen LogP contribution >= 0.6 is 12.2 Å². The van der Waals surface area contributed by atoms with Crippen molar-refractivity contribution in [3.05, 3.63) is 54.1 Å². The Labute approximate surface area is 129 Å². The maximum Gasteiger partial charge on any atom is 0.129 e. The predicted octanol–water partition coefficient (Wildman–Crippen LogP) is 2.79. The van der Waals surface area contributed by atoms with Gasteiger partial charge in [-0.05, 0) is 36.4 Å². The summed E-state index contributed by atoms with van der Waals surface area (Å²) in [7, 11) is 1.63. The summed E-state index contributed by atoms with van der Waals surface area (Å²) in [6, 6.07) is 14.8. The summed E-state index contributed by atoms with van der Waals surface area (Å²) >= 11 is 4.98. The molecule has 0 aliphatic heterocycles. The van der Waals surface area contributed by atoms with E-state index in [0.29, 0.717) is 24.0 Å². The van der Waals surface area contributed by atoms with Crippen LogP contribution in [0.5, 0.6) is 17.2 Å². The second-order valence-electron chi connectivity index (χ2n) is 4.23. The lowest BCUT2D eigenvalue weighted by Crippen LogP contribution is -2.14. The second kappa shape index (κ2) is 7.50. The van der Waals surface area contributed by atoms with Crippen LogP contribution in [-0.2, 0) is 0 Å². The minimum Gasteiger partial charge on any atom is -0.497 e. The molecule has 0 unspecified atom stereocenters. The monoisotopic (exact) mass is 303 g/mol. The highest BCUT2D eigenvalue weighted by Crippen LogP contribution is 2.19. The number of hydrogen-bond acceptors (Lipinski definition) is 4. The molecule has 0 amide bonds. The number of para-hydroxylation sites is 1. The molecule has 5 heteroatoms. The van der Waals surface area contributed by atoms with Crippen LogP contribution < -0.4 is 19.9 Å². The third-order valence-corrected chi connectivity index (χ3v) is 3.04. The first-order chi connectivity index (χ1) is 10.2.